The Morgan fingerprint density at radius 3 is 2.21 bits per heavy atom. The van der Waals surface area contributed by atoms with Crippen molar-refractivity contribution in [3.05, 3.63) is 101 Å². The Hall–Kier alpha value is -4.61. The predicted octanol–water partition coefficient (Wildman–Crippen LogP) is 5.53. The number of halogens is 1. The highest BCUT2D eigenvalue weighted by molar-refractivity contribution is 7.88. The maximum Gasteiger partial charge on any atom is 0.304 e. The van der Waals surface area contributed by atoms with Crippen molar-refractivity contribution >= 4 is 33.6 Å². The standard InChI is InChI=1S/C40H45FN2O9S/c1-27(44)51-36(31-14-16-33(41)17-15-31)21-20-35-37(43(38(35)46)34-18-10-29(11-19-34)7-6-24-42-53(5,47)48)32-12-8-30(9-13-32)22-23-40(52-28(2)45)25-49-39(3,4)50-26-40/h8-19,35-37,42H,6-7,20-21,24-26H2,1-5H3/t35-,36+,37-/m1/s1. The van der Waals surface area contributed by atoms with Crippen molar-refractivity contribution in [3.8, 4) is 11.8 Å². The van der Waals surface area contributed by atoms with Crippen LogP contribution in [0.25, 0.3) is 0 Å². The highest BCUT2D eigenvalue weighted by atomic mass is 32.2. The minimum absolute atomic E-state index is 0.0497. The topological polar surface area (TPSA) is 138 Å². The van der Waals surface area contributed by atoms with Crippen molar-refractivity contribution in [3.63, 3.8) is 0 Å². The summed E-state index contributed by atoms with van der Waals surface area (Å²) in [5.74, 6) is 3.37. The molecule has 0 spiro atoms. The van der Waals surface area contributed by atoms with E-state index in [0.29, 0.717) is 49.0 Å². The van der Waals surface area contributed by atoms with Crippen molar-refractivity contribution < 1.29 is 46.1 Å². The molecule has 2 saturated heterocycles. The Balaban J connectivity index is 1.38. The van der Waals surface area contributed by atoms with E-state index < -0.39 is 51.2 Å². The van der Waals surface area contributed by atoms with Crippen molar-refractivity contribution in [2.45, 2.75) is 76.9 Å². The van der Waals surface area contributed by atoms with Crippen LogP contribution in [0.1, 0.15) is 81.4 Å². The minimum atomic E-state index is -3.26. The van der Waals surface area contributed by atoms with E-state index in [1.807, 2.05) is 48.5 Å². The zero-order valence-corrected chi connectivity index (χ0v) is 31.3. The number of hydrogen-bond acceptors (Lipinski definition) is 9. The van der Waals surface area contributed by atoms with Gasteiger partial charge in [0.1, 0.15) is 25.1 Å². The molecule has 0 saturated carbocycles. The van der Waals surface area contributed by atoms with Gasteiger partial charge in [0.15, 0.2) is 5.79 Å². The van der Waals surface area contributed by atoms with Crippen LogP contribution >= 0.6 is 0 Å². The molecule has 11 nitrogen and oxygen atoms in total. The number of nitrogens with zero attached hydrogens (tertiary/aromatic N) is 1. The van der Waals surface area contributed by atoms with Gasteiger partial charge in [0.2, 0.25) is 21.5 Å². The molecule has 3 atom stereocenters. The number of hydrogen-bond donors (Lipinski definition) is 1. The molecule has 0 aliphatic carbocycles. The number of amides is 1. The van der Waals surface area contributed by atoms with E-state index in [1.165, 1.54) is 26.0 Å². The third kappa shape index (κ3) is 10.7. The summed E-state index contributed by atoms with van der Waals surface area (Å²) >= 11 is 0. The maximum atomic E-state index is 13.9. The van der Waals surface area contributed by atoms with Crippen molar-refractivity contribution in [2.75, 3.05) is 30.9 Å². The molecule has 2 fully saturated rings. The normalized spacial score (nSPS) is 19.7. The second kappa shape index (κ2) is 16.6. The Morgan fingerprint density at radius 1 is 0.981 bits per heavy atom. The number of ether oxygens (including phenoxy) is 4. The number of carbonyl (C=O) groups is 3. The second-order valence-corrected chi connectivity index (χ2v) is 15.7. The number of esters is 2. The van der Waals surface area contributed by atoms with Gasteiger partial charge < -0.3 is 23.8 Å². The summed E-state index contributed by atoms with van der Waals surface area (Å²) in [5, 5.41) is 0. The molecule has 2 aliphatic heterocycles. The number of carbonyl (C=O) groups excluding carboxylic acids is 3. The van der Waals surface area contributed by atoms with Crippen LogP contribution in [0.4, 0.5) is 10.1 Å². The lowest BCUT2D eigenvalue weighted by molar-refractivity contribution is -0.291. The Labute approximate surface area is 310 Å². The van der Waals surface area contributed by atoms with Gasteiger partial charge in [0, 0.05) is 31.6 Å². The molecule has 1 amide bonds. The molecule has 2 aliphatic rings. The molecule has 13 heteroatoms. The summed E-state index contributed by atoms with van der Waals surface area (Å²) in [6.07, 6.45) is 2.47. The quantitative estimate of drug-likeness (QED) is 0.104. The van der Waals surface area contributed by atoms with E-state index in [-0.39, 0.29) is 25.2 Å². The van der Waals surface area contributed by atoms with Crippen molar-refractivity contribution in [1.29, 1.82) is 0 Å². The first-order valence-electron chi connectivity index (χ1n) is 17.4. The average Bonchev–Trinajstić information content (AvgIpc) is 3.09. The molecule has 282 valence electrons. The van der Waals surface area contributed by atoms with Crippen molar-refractivity contribution in [1.82, 2.24) is 4.72 Å². The Bertz CT molecular complexity index is 1940. The zero-order chi connectivity index (χ0) is 38.4. The molecule has 5 rings (SSSR count). The van der Waals surface area contributed by atoms with Gasteiger partial charge >= 0.3 is 11.9 Å². The fourth-order valence-electron chi connectivity index (χ4n) is 6.42. The van der Waals surface area contributed by atoms with E-state index in [0.717, 1.165) is 17.4 Å². The highest BCUT2D eigenvalue weighted by Gasteiger charge is 2.48. The van der Waals surface area contributed by atoms with Gasteiger partial charge in [-0.3, -0.25) is 14.4 Å². The molecule has 1 N–H and O–H groups in total. The fourth-order valence-corrected chi connectivity index (χ4v) is 6.94. The number of rotatable bonds is 13. The summed E-state index contributed by atoms with van der Waals surface area (Å²) < 4.78 is 61.6. The summed E-state index contributed by atoms with van der Waals surface area (Å²) in [5.41, 5.74) is 2.59. The monoisotopic (exact) mass is 748 g/mol. The molecule has 0 unspecified atom stereocenters. The summed E-state index contributed by atoms with van der Waals surface area (Å²) in [7, 11) is -3.26. The van der Waals surface area contributed by atoms with Gasteiger partial charge in [0.25, 0.3) is 0 Å². The second-order valence-electron chi connectivity index (χ2n) is 13.9. The zero-order valence-electron chi connectivity index (χ0n) is 30.5. The molecule has 0 bridgehead atoms. The predicted molar refractivity (Wildman–Crippen MR) is 195 cm³/mol. The first-order valence-corrected chi connectivity index (χ1v) is 19.3. The lowest BCUT2D eigenvalue weighted by atomic mass is 9.78. The molecule has 0 aromatic heterocycles. The number of benzene rings is 3. The number of sulfonamides is 1. The number of anilines is 1. The van der Waals surface area contributed by atoms with Gasteiger partial charge in [-0.15, -0.1) is 0 Å². The summed E-state index contributed by atoms with van der Waals surface area (Å²) in [6.45, 7) is 6.59. The van der Waals surface area contributed by atoms with Gasteiger partial charge in [-0.25, -0.2) is 17.5 Å². The Kier molecular flexibility index (Phi) is 12.4. The number of nitrogens with one attached hydrogen (secondary N) is 1. The molecule has 2 heterocycles. The first-order chi connectivity index (χ1) is 25.0. The van der Waals surface area contributed by atoms with Gasteiger partial charge in [-0.1, -0.05) is 42.3 Å². The van der Waals surface area contributed by atoms with Crippen LogP contribution < -0.4 is 9.62 Å². The molecule has 3 aromatic carbocycles. The Morgan fingerprint density at radius 2 is 1.62 bits per heavy atom. The van der Waals surface area contributed by atoms with Crippen LogP contribution in [0.2, 0.25) is 0 Å². The lowest BCUT2D eigenvalue weighted by Crippen LogP contribution is -2.55. The first kappa shape index (κ1) is 39.6. The number of β-lactam (4-membered cyclic amide) rings is 1. The highest BCUT2D eigenvalue weighted by Crippen LogP contribution is 2.46. The van der Waals surface area contributed by atoms with Crippen LogP contribution in [-0.2, 0) is 49.8 Å². The minimum Gasteiger partial charge on any atom is -0.458 e. The molecule has 3 aromatic rings. The SMILES string of the molecule is CC(=O)O[C@@H](CC[C@H]1C(=O)N(c2ccc(CCCNS(C)(=O)=O)cc2)[C@@H]1c1ccc(C#CC2(OC(C)=O)COC(C)(C)OC2)cc1)c1ccc(F)cc1. The largest absolute Gasteiger partial charge is 0.458 e. The maximum absolute atomic E-state index is 13.9. The van der Waals surface area contributed by atoms with Crippen LogP contribution in [0.15, 0.2) is 72.8 Å². The van der Waals surface area contributed by atoms with Gasteiger partial charge in [0.05, 0.1) is 18.2 Å². The lowest BCUT2D eigenvalue weighted by Gasteiger charge is -2.48. The smallest absolute Gasteiger partial charge is 0.304 e. The third-order valence-corrected chi connectivity index (χ3v) is 9.79. The summed E-state index contributed by atoms with van der Waals surface area (Å²) in [6, 6.07) is 20.5. The molecular weight excluding hydrogens is 704 g/mol. The molecular formula is C40H45FN2O9S. The van der Waals surface area contributed by atoms with E-state index in [1.54, 1.807) is 30.9 Å². The molecule has 0 radical (unpaired) electrons. The summed E-state index contributed by atoms with van der Waals surface area (Å²) in [4.78, 5) is 39.5. The van der Waals surface area contributed by atoms with E-state index in [9.17, 15) is 27.2 Å². The van der Waals surface area contributed by atoms with Crippen molar-refractivity contribution in [2.24, 2.45) is 5.92 Å². The average molecular weight is 749 g/mol. The van der Waals surface area contributed by atoms with E-state index in [4.69, 9.17) is 18.9 Å². The molecule has 53 heavy (non-hydrogen) atoms. The van der Waals surface area contributed by atoms with Crippen LogP contribution in [-0.4, -0.2) is 63.7 Å². The third-order valence-electron chi connectivity index (χ3n) is 9.06. The fraction of sp³-hybridized carbons (Fsp3) is 0.425. The van der Waals surface area contributed by atoms with Gasteiger partial charge in [-0.05, 0) is 98.5 Å². The van der Waals surface area contributed by atoms with E-state index >= 15 is 0 Å². The van der Waals surface area contributed by atoms with Crippen LogP contribution in [0.5, 0.6) is 0 Å². The van der Waals surface area contributed by atoms with E-state index in [2.05, 4.69) is 16.6 Å². The van der Waals surface area contributed by atoms with Gasteiger partial charge in [-0.2, -0.15) is 0 Å². The number of aryl methyl sites for hydroxylation is 1. The van der Waals surface area contributed by atoms with Crippen LogP contribution in [0.3, 0.4) is 0 Å². The van der Waals surface area contributed by atoms with Crippen LogP contribution in [0, 0.1) is 23.6 Å².